The first-order valence-electron chi connectivity index (χ1n) is 6.59. The molecule has 0 saturated heterocycles. The number of carbonyl (C=O) groups excluding carboxylic acids is 2. The van der Waals surface area contributed by atoms with Gasteiger partial charge in [-0.15, -0.1) is 0 Å². The lowest BCUT2D eigenvalue weighted by Gasteiger charge is -2.06. The molecule has 0 saturated carbocycles. The molecule has 21 heavy (non-hydrogen) atoms. The first-order valence-corrected chi connectivity index (χ1v) is 6.59. The van der Waals surface area contributed by atoms with Crippen LogP contribution in [0.25, 0.3) is 0 Å². The number of hydrogen-bond acceptors (Lipinski definition) is 7. The zero-order valence-electron chi connectivity index (χ0n) is 12.1. The highest BCUT2D eigenvalue weighted by atomic mass is 16.7. The molecule has 0 radical (unpaired) electrons. The molecule has 0 rings (SSSR count). The summed E-state index contributed by atoms with van der Waals surface area (Å²) in [5.74, 6) is 0. The van der Waals surface area contributed by atoms with E-state index in [1.165, 1.54) is 12.2 Å². The molecule has 0 spiro atoms. The summed E-state index contributed by atoms with van der Waals surface area (Å²) in [6.07, 6.45) is 2.60. The van der Waals surface area contributed by atoms with Crippen LogP contribution in [-0.4, -0.2) is 52.0 Å². The second kappa shape index (κ2) is 14.4. The number of hydrogen-bond donors (Lipinski definition) is 0. The molecular formula is C14H22O7. The quantitative estimate of drug-likeness (QED) is 0.311. The van der Waals surface area contributed by atoms with Gasteiger partial charge in [0.15, 0.2) is 0 Å². The van der Waals surface area contributed by atoms with Crippen LogP contribution < -0.4 is 0 Å². The lowest BCUT2D eigenvalue weighted by molar-refractivity contribution is 0.0427. The van der Waals surface area contributed by atoms with Gasteiger partial charge in [-0.3, -0.25) is 0 Å². The minimum absolute atomic E-state index is 0.130. The Labute approximate surface area is 124 Å². The van der Waals surface area contributed by atoms with Gasteiger partial charge in [-0.2, -0.15) is 0 Å². The first kappa shape index (κ1) is 19.0. The smallest absolute Gasteiger partial charge is 0.434 e. The van der Waals surface area contributed by atoms with Gasteiger partial charge in [0, 0.05) is 26.1 Å². The van der Waals surface area contributed by atoms with Crippen molar-refractivity contribution < 1.29 is 33.3 Å². The molecule has 0 bridgehead atoms. The summed E-state index contributed by atoms with van der Waals surface area (Å²) in [5.41, 5.74) is 0. The number of carbonyl (C=O) groups is 2. The molecule has 0 fully saturated rings. The van der Waals surface area contributed by atoms with Gasteiger partial charge in [0.05, 0.1) is 13.2 Å². The lowest BCUT2D eigenvalue weighted by atomic mass is 10.4. The molecule has 0 atom stereocenters. The third-order valence-corrected chi connectivity index (χ3v) is 1.94. The van der Waals surface area contributed by atoms with Crippen LogP contribution in [0, 0.1) is 0 Å². The molecule has 0 aliphatic heterocycles. The first-order chi connectivity index (χ1) is 10.2. The van der Waals surface area contributed by atoms with Crippen molar-refractivity contribution in [3.05, 3.63) is 25.3 Å². The van der Waals surface area contributed by atoms with E-state index in [0.717, 1.165) is 0 Å². The molecule has 0 unspecified atom stereocenters. The summed E-state index contributed by atoms with van der Waals surface area (Å²) in [6.45, 7) is 8.40. The van der Waals surface area contributed by atoms with Gasteiger partial charge in [0.1, 0.15) is 13.2 Å². The average Bonchev–Trinajstić information content (AvgIpc) is 2.49. The molecule has 0 aromatic rings. The van der Waals surface area contributed by atoms with Gasteiger partial charge >= 0.3 is 12.3 Å². The van der Waals surface area contributed by atoms with Gasteiger partial charge in [0.2, 0.25) is 0 Å². The summed E-state index contributed by atoms with van der Waals surface area (Å²) >= 11 is 0. The molecule has 0 aliphatic rings. The average molecular weight is 302 g/mol. The molecule has 7 nitrogen and oxygen atoms in total. The van der Waals surface area contributed by atoms with Crippen molar-refractivity contribution in [3.8, 4) is 0 Å². The Balaban J connectivity index is 3.22. The summed E-state index contributed by atoms with van der Waals surface area (Å²) in [6, 6.07) is 0. The van der Waals surface area contributed by atoms with E-state index in [9.17, 15) is 9.59 Å². The lowest BCUT2D eigenvalue weighted by Crippen LogP contribution is -2.11. The Hall–Kier alpha value is -2.02. The Kier molecular flexibility index (Phi) is 13.0. The molecule has 0 aromatic heterocycles. The van der Waals surface area contributed by atoms with Crippen molar-refractivity contribution >= 4 is 12.3 Å². The summed E-state index contributed by atoms with van der Waals surface area (Å²) < 4.78 is 24.0. The Morgan fingerprint density at radius 3 is 1.52 bits per heavy atom. The number of ether oxygens (including phenoxy) is 5. The highest BCUT2D eigenvalue weighted by Gasteiger charge is 2.02. The van der Waals surface area contributed by atoms with E-state index in [1.807, 2.05) is 0 Å². The minimum Gasteiger partial charge on any atom is -0.434 e. The second-order valence-electron chi connectivity index (χ2n) is 3.72. The van der Waals surface area contributed by atoms with E-state index in [2.05, 4.69) is 22.6 Å². The SMILES string of the molecule is C=CCOC(=O)OCCCOCCCOC(=O)OCC=C. The fourth-order valence-electron chi connectivity index (χ4n) is 1.07. The standard InChI is InChI=1S/C14H22O7/c1-3-7-18-13(15)20-11-5-9-17-10-6-12-21-14(16)19-8-4-2/h3-4H,1-2,5-12H2. The van der Waals surface area contributed by atoms with Gasteiger partial charge in [-0.1, -0.05) is 25.3 Å². The molecule has 0 heterocycles. The summed E-state index contributed by atoms with van der Waals surface area (Å²) in [4.78, 5) is 21.8. The van der Waals surface area contributed by atoms with E-state index in [1.54, 1.807) is 0 Å². The molecule has 7 heteroatoms. The second-order valence-corrected chi connectivity index (χ2v) is 3.72. The largest absolute Gasteiger partial charge is 0.508 e. The topological polar surface area (TPSA) is 80.3 Å². The fourth-order valence-corrected chi connectivity index (χ4v) is 1.07. The van der Waals surface area contributed by atoms with Crippen LogP contribution in [-0.2, 0) is 23.7 Å². The summed E-state index contributed by atoms with van der Waals surface area (Å²) in [7, 11) is 0. The molecular weight excluding hydrogens is 280 g/mol. The van der Waals surface area contributed by atoms with Crippen molar-refractivity contribution in [1.29, 1.82) is 0 Å². The minimum atomic E-state index is -0.721. The molecule has 0 aliphatic carbocycles. The maximum Gasteiger partial charge on any atom is 0.508 e. The Morgan fingerprint density at radius 1 is 0.714 bits per heavy atom. The van der Waals surface area contributed by atoms with Crippen LogP contribution in [0.2, 0.25) is 0 Å². The van der Waals surface area contributed by atoms with Gasteiger partial charge in [-0.05, 0) is 0 Å². The normalized spacial score (nSPS) is 9.52. The van der Waals surface area contributed by atoms with Crippen LogP contribution in [0.15, 0.2) is 25.3 Å². The third kappa shape index (κ3) is 14.2. The van der Waals surface area contributed by atoms with Crippen LogP contribution in [0.4, 0.5) is 9.59 Å². The monoisotopic (exact) mass is 302 g/mol. The zero-order valence-corrected chi connectivity index (χ0v) is 12.1. The van der Waals surface area contributed by atoms with Crippen molar-refractivity contribution in [1.82, 2.24) is 0 Å². The molecule has 0 N–H and O–H groups in total. The van der Waals surface area contributed by atoms with E-state index in [-0.39, 0.29) is 26.4 Å². The Bertz CT molecular complexity index is 284. The highest BCUT2D eigenvalue weighted by molar-refractivity contribution is 5.60. The van der Waals surface area contributed by atoms with Crippen molar-refractivity contribution in [2.45, 2.75) is 12.8 Å². The summed E-state index contributed by atoms with van der Waals surface area (Å²) in [5, 5.41) is 0. The van der Waals surface area contributed by atoms with Crippen LogP contribution in [0.3, 0.4) is 0 Å². The predicted octanol–water partition coefficient (Wildman–Crippen LogP) is 2.46. The van der Waals surface area contributed by atoms with Crippen LogP contribution in [0.1, 0.15) is 12.8 Å². The molecule has 120 valence electrons. The molecule has 0 amide bonds. The van der Waals surface area contributed by atoms with Crippen LogP contribution in [0.5, 0.6) is 0 Å². The van der Waals surface area contributed by atoms with Gasteiger partial charge in [-0.25, -0.2) is 9.59 Å². The fraction of sp³-hybridized carbons (Fsp3) is 0.571. The van der Waals surface area contributed by atoms with Crippen LogP contribution >= 0.6 is 0 Å². The zero-order chi connectivity index (χ0) is 15.8. The van der Waals surface area contributed by atoms with Crippen molar-refractivity contribution in [2.24, 2.45) is 0 Å². The van der Waals surface area contributed by atoms with Gasteiger partial charge in [0.25, 0.3) is 0 Å². The van der Waals surface area contributed by atoms with Crippen molar-refractivity contribution in [2.75, 3.05) is 39.6 Å². The predicted molar refractivity (Wildman–Crippen MR) is 75.0 cm³/mol. The maximum absolute atomic E-state index is 10.9. The third-order valence-electron chi connectivity index (χ3n) is 1.94. The van der Waals surface area contributed by atoms with Crippen molar-refractivity contribution in [3.63, 3.8) is 0 Å². The molecule has 0 aromatic carbocycles. The number of rotatable bonds is 12. The van der Waals surface area contributed by atoms with E-state index < -0.39 is 12.3 Å². The maximum atomic E-state index is 10.9. The Morgan fingerprint density at radius 2 is 1.14 bits per heavy atom. The van der Waals surface area contributed by atoms with E-state index in [4.69, 9.17) is 14.2 Å². The highest BCUT2D eigenvalue weighted by Crippen LogP contribution is 1.93. The van der Waals surface area contributed by atoms with Gasteiger partial charge < -0.3 is 23.7 Å². The van der Waals surface area contributed by atoms with E-state index >= 15 is 0 Å². The van der Waals surface area contributed by atoms with E-state index in [0.29, 0.717) is 26.1 Å².